The first-order chi connectivity index (χ1) is 7.43. The molecule has 1 fully saturated rings. The molecule has 0 spiro atoms. The highest BCUT2D eigenvalue weighted by Gasteiger charge is 2.41. The van der Waals surface area contributed by atoms with Gasteiger partial charge in [-0.2, -0.15) is 0 Å². The number of hydrogen-bond acceptors (Lipinski definition) is 2. The summed E-state index contributed by atoms with van der Waals surface area (Å²) >= 11 is 0. The third-order valence-electron chi connectivity index (χ3n) is 4.52. The van der Waals surface area contributed by atoms with E-state index in [2.05, 4.69) is 27.7 Å². The molecule has 0 amide bonds. The van der Waals surface area contributed by atoms with E-state index in [0.29, 0.717) is 17.3 Å². The molecular weight excluding hydrogens is 200 g/mol. The summed E-state index contributed by atoms with van der Waals surface area (Å²) in [6, 6.07) is 0. The van der Waals surface area contributed by atoms with E-state index in [0.717, 1.165) is 12.8 Å². The van der Waals surface area contributed by atoms with Crippen LogP contribution >= 0.6 is 0 Å². The van der Waals surface area contributed by atoms with Gasteiger partial charge in [0.25, 0.3) is 0 Å². The number of hydrogen-bond donors (Lipinski definition) is 0. The van der Waals surface area contributed by atoms with Gasteiger partial charge in [-0.05, 0) is 36.5 Å². The maximum Gasteiger partial charge on any atom is 0.308 e. The molecule has 2 heteroatoms. The lowest BCUT2D eigenvalue weighted by molar-refractivity contribution is -0.151. The Morgan fingerprint density at radius 3 is 2.56 bits per heavy atom. The van der Waals surface area contributed by atoms with Crippen molar-refractivity contribution >= 4 is 5.97 Å². The van der Waals surface area contributed by atoms with Crippen molar-refractivity contribution in [1.29, 1.82) is 0 Å². The Balaban J connectivity index is 2.81. The van der Waals surface area contributed by atoms with Crippen LogP contribution in [0.5, 0.6) is 0 Å². The van der Waals surface area contributed by atoms with Crippen molar-refractivity contribution in [1.82, 2.24) is 0 Å². The number of rotatable bonds is 3. The molecule has 0 N–H and O–H groups in total. The maximum atomic E-state index is 11.9. The summed E-state index contributed by atoms with van der Waals surface area (Å²) in [6.45, 7) is 8.97. The van der Waals surface area contributed by atoms with Gasteiger partial charge in [-0.15, -0.1) is 0 Å². The van der Waals surface area contributed by atoms with Crippen LogP contribution in [0.2, 0.25) is 0 Å². The summed E-state index contributed by atoms with van der Waals surface area (Å²) in [4.78, 5) is 11.9. The second-order valence-corrected chi connectivity index (χ2v) is 5.94. The fourth-order valence-corrected chi connectivity index (χ4v) is 3.03. The molecule has 0 saturated heterocycles. The SMILES string of the molecule is CCC1(C)CCC(C(C)C)C(C(=O)OC)C1. The summed E-state index contributed by atoms with van der Waals surface area (Å²) in [5, 5.41) is 0. The predicted octanol–water partition coefficient (Wildman–Crippen LogP) is 3.65. The highest BCUT2D eigenvalue weighted by Crippen LogP contribution is 2.46. The molecule has 0 aromatic carbocycles. The minimum Gasteiger partial charge on any atom is -0.469 e. The van der Waals surface area contributed by atoms with Gasteiger partial charge < -0.3 is 4.74 Å². The van der Waals surface area contributed by atoms with Gasteiger partial charge in [0.05, 0.1) is 13.0 Å². The lowest BCUT2D eigenvalue weighted by atomic mass is 9.62. The highest BCUT2D eigenvalue weighted by molar-refractivity contribution is 5.72. The average Bonchev–Trinajstić information content (AvgIpc) is 2.27. The van der Waals surface area contributed by atoms with E-state index in [1.165, 1.54) is 20.0 Å². The molecule has 2 nitrogen and oxygen atoms in total. The Morgan fingerprint density at radius 2 is 2.12 bits per heavy atom. The summed E-state index contributed by atoms with van der Waals surface area (Å²) in [6.07, 6.45) is 4.58. The van der Waals surface area contributed by atoms with E-state index in [1.807, 2.05) is 0 Å². The van der Waals surface area contributed by atoms with Crippen LogP contribution in [0.4, 0.5) is 0 Å². The smallest absolute Gasteiger partial charge is 0.308 e. The Kier molecular flexibility index (Phi) is 4.40. The lowest BCUT2D eigenvalue weighted by Crippen LogP contribution is -2.38. The molecule has 0 heterocycles. The number of esters is 1. The number of carbonyl (C=O) groups is 1. The normalized spacial score (nSPS) is 35.1. The quantitative estimate of drug-likeness (QED) is 0.687. The van der Waals surface area contributed by atoms with Crippen molar-refractivity contribution in [2.24, 2.45) is 23.2 Å². The lowest BCUT2D eigenvalue weighted by Gasteiger charge is -2.42. The van der Waals surface area contributed by atoms with Crippen molar-refractivity contribution in [2.45, 2.75) is 53.4 Å². The molecule has 1 saturated carbocycles. The highest BCUT2D eigenvalue weighted by atomic mass is 16.5. The first kappa shape index (κ1) is 13.5. The summed E-state index contributed by atoms with van der Waals surface area (Å²) in [5.41, 5.74) is 0.338. The topological polar surface area (TPSA) is 26.3 Å². The van der Waals surface area contributed by atoms with Crippen molar-refractivity contribution in [3.8, 4) is 0 Å². The number of methoxy groups -OCH3 is 1. The van der Waals surface area contributed by atoms with E-state index in [9.17, 15) is 4.79 Å². The molecule has 1 aliphatic rings. The molecule has 3 unspecified atom stereocenters. The van der Waals surface area contributed by atoms with Gasteiger partial charge in [-0.1, -0.05) is 34.1 Å². The fourth-order valence-electron chi connectivity index (χ4n) is 3.03. The standard InChI is InChI=1S/C14H26O2/c1-6-14(4)8-7-11(10(2)3)12(9-14)13(15)16-5/h10-12H,6-9H2,1-5H3. The van der Waals surface area contributed by atoms with Crippen LogP contribution < -0.4 is 0 Å². The minimum absolute atomic E-state index is 0.00178. The van der Waals surface area contributed by atoms with E-state index in [-0.39, 0.29) is 11.9 Å². The van der Waals surface area contributed by atoms with Gasteiger partial charge in [-0.25, -0.2) is 0 Å². The Labute approximate surface area is 99.8 Å². The first-order valence-corrected chi connectivity index (χ1v) is 6.51. The monoisotopic (exact) mass is 226 g/mol. The molecule has 1 rings (SSSR count). The van der Waals surface area contributed by atoms with Crippen molar-refractivity contribution < 1.29 is 9.53 Å². The van der Waals surface area contributed by atoms with Gasteiger partial charge >= 0.3 is 5.97 Å². The van der Waals surface area contributed by atoms with Gasteiger partial charge in [0.2, 0.25) is 0 Å². The van der Waals surface area contributed by atoms with Crippen molar-refractivity contribution in [3.05, 3.63) is 0 Å². The van der Waals surface area contributed by atoms with Gasteiger partial charge in [0.15, 0.2) is 0 Å². The average molecular weight is 226 g/mol. The van der Waals surface area contributed by atoms with Crippen LogP contribution in [-0.4, -0.2) is 13.1 Å². The number of carbonyl (C=O) groups excluding carboxylic acids is 1. The third kappa shape index (κ3) is 2.78. The molecule has 0 aromatic rings. The van der Waals surface area contributed by atoms with Crippen LogP contribution in [0.3, 0.4) is 0 Å². The maximum absolute atomic E-state index is 11.9. The van der Waals surface area contributed by atoms with Crippen LogP contribution in [0.25, 0.3) is 0 Å². The van der Waals surface area contributed by atoms with E-state index in [1.54, 1.807) is 0 Å². The molecule has 94 valence electrons. The molecule has 1 aliphatic carbocycles. The second kappa shape index (κ2) is 5.20. The summed E-state index contributed by atoms with van der Waals surface area (Å²) in [7, 11) is 1.51. The zero-order valence-electron chi connectivity index (χ0n) is 11.4. The molecule has 0 aliphatic heterocycles. The predicted molar refractivity (Wildman–Crippen MR) is 66.1 cm³/mol. The largest absolute Gasteiger partial charge is 0.469 e. The summed E-state index contributed by atoms with van der Waals surface area (Å²) < 4.78 is 4.97. The Bertz CT molecular complexity index is 247. The minimum atomic E-state index is -0.00178. The van der Waals surface area contributed by atoms with Gasteiger partial charge in [-0.3, -0.25) is 4.79 Å². The third-order valence-corrected chi connectivity index (χ3v) is 4.52. The zero-order valence-corrected chi connectivity index (χ0v) is 11.4. The second-order valence-electron chi connectivity index (χ2n) is 5.94. The zero-order chi connectivity index (χ0) is 12.3. The van der Waals surface area contributed by atoms with Crippen LogP contribution in [0.1, 0.15) is 53.4 Å². The fraction of sp³-hybridized carbons (Fsp3) is 0.929. The van der Waals surface area contributed by atoms with E-state index in [4.69, 9.17) is 4.74 Å². The van der Waals surface area contributed by atoms with Crippen molar-refractivity contribution in [2.75, 3.05) is 7.11 Å². The van der Waals surface area contributed by atoms with Crippen LogP contribution in [0, 0.1) is 23.2 Å². The Hall–Kier alpha value is -0.530. The molecule has 0 radical (unpaired) electrons. The number of ether oxygens (including phenoxy) is 1. The van der Waals surface area contributed by atoms with E-state index >= 15 is 0 Å². The van der Waals surface area contributed by atoms with Gasteiger partial charge in [0.1, 0.15) is 0 Å². The van der Waals surface area contributed by atoms with Gasteiger partial charge in [0, 0.05) is 0 Å². The summed E-state index contributed by atoms with van der Waals surface area (Å²) in [5.74, 6) is 1.19. The molecule has 3 atom stereocenters. The van der Waals surface area contributed by atoms with Crippen LogP contribution in [-0.2, 0) is 9.53 Å². The van der Waals surface area contributed by atoms with Crippen molar-refractivity contribution in [3.63, 3.8) is 0 Å². The Morgan fingerprint density at radius 1 is 1.50 bits per heavy atom. The van der Waals surface area contributed by atoms with E-state index < -0.39 is 0 Å². The molecule has 0 aromatic heterocycles. The first-order valence-electron chi connectivity index (χ1n) is 6.51. The van der Waals surface area contributed by atoms with Crippen LogP contribution in [0.15, 0.2) is 0 Å². The molecule has 0 bridgehead atoms. The molecular formula is C14H26O2. The molecule has 16 heavy (non-hydrogen) atoms.